The van der Waals surface area contributed by atoms with Gasteiger partial charge < -0.3 is 75.5 Å². The lowest BCUT2D eigenvalue weighted by molar-refractivity contribution is -0.306. The van der Waals surface area contributed by atoms with Gasteiger partial charge in [0, 0.05) is 19.6 Å². The third-order valence-corrected chi connectivity index (χ3v) is 6.02. The number of nitrogens with one attached hydrogen (secondary N) is 2. The van der Waals surface area contributed by atoms with Crippen LogP contribution >= 0.6 is 0 Å². The van der Waals surface area contributed by atoms with Crippen molar-refractivity contribution in [1.82, 2.24) is 10.6 Å². The summed E-state index contributed by atoms with van der Waals surface area (Å²) in [4.78, 5) is 24.0. The summed E-state index contributed by atoms with van der Waals surface area (Å²) in [5.74, 6) is -1.72. The van der Waals surface area contributed by atoms with Gasteiger partial charge in [-0.2, -0.15) is 0 Å². The van der Waals surface area contributed by atoms with E-state index in [1.54, 1.807) is 0 Å². The number of rotatable bonds is 16. The molecular formula is C22H40N2O15. The summed E-state index contributed by atoms with van der Waals surface area (Å²) < 4.78 is 21.0. The molecule has 2 amide bonds. The second-order valence-electron chi connectivity index (χ2n) is 9.14. The molecule has 7 unspecified atom stereocenters. The van der Waals surface area contributed by atoms with E-state index in [-0.39, 0.29) is 0 Å². The second-order valence-corrected chi connectivity index (χ2v) is 9.14. The van der Waals surface area contributed by atoms with Gasteiger partial charge in [-0.1, -0.05) is 13.5 Å². The van der Waals surface area contributed by atoms with Crippen LogP contribution in [0.2, 0.25) is 0 Å². The lowest BCUT2D eigenvalue weighted by Gasteiger charge is -2.41. The van der Waals surface area contributed by atoms with Crippen molar-refractivity contribution in [3.8, 4) is 0 Å². The first-order chi connectivity index (χ1) is 18.3. The minimum Gasteiger partial charge on any atom is -0.447 e. The normalized spacial score (nSPS) is 28.7. The molecule has 17 nitrogen and oxygen atoms in total. The van der Waals surface area contributed by atoms with Crippen molar-refractivity contribution < 1.29 is 74.5 Å². The van der Waals surface area contributed by atoms with E-state index in [9.17, 15) is 50.4 Å². The summed E-state index contributed by atoms with van der Waals surface area (Å²) in [5.41, 5.74) is -1.90. The van der Waals surface area contributed by atoms with Crippen LogP contribution in [0.15, 0.2) is 12.7 Å². The first kappa shape index (κ1) is 35.0. The third kappa shape index (κ3) is 9.85. The average Bonchev–Trinajstić information content (AvgIpc) is 2.94. The van der Waals surface area contributed by atoms with Crippen LogP contribution in [0.5, 0.6) is 0 Å². The van der Waals surface area contributed by atoms with Crippen LogP contribution in [-0.4, -0.2) is 159 Å². The quantitative estimate of drug-likeness (QED) is 0.0607. The predicted octanol–water partition coefficient (Wildman–Crippen LogP) is -5.75. The summed E-state index contributed by atoms with van der Waals surface area (Å²) in [7, 11) is 1.24. The van der Waals surface area contributed by atoms with Gasteiger partial charge in [-0.25, -0.2) is 4.79 Å². The predicted molar refractivity (Wildman–Crippen MR) is 127 cm³/mol. The summed E-state index contributed by atoms with van der Waals surface area (Å²) in [6, 6.07) is 0. The van der Waals surface area contributed by atoms with Crippen LogP contribution in [0, 0.1) is 5.92 Å². The number of aliphatic hydroxyl groups excluding tert-OH is 9. The van der Waals surface area contributed by atoms with Crippen molar-refractivity contribution in [3.63, 3.8) is 0 Å². The van der Waals surface area contributed by atoms with Gasteiger partial charge in [0.2, 0.25) is 5.91 Å². The fourth-order valence-corrected chi connectivity index (χ4v) is 3.43. The number of hydrogen-bond donors (Lipinski definition) is 11. The van der Waals surface area contributed by atoms with Crippen molar-refractivity contribution in [3.05, 3.63) is 12.7 Å². The number of amides is 2. The maximum atomic E-state index is 12.2. The molecule has 0 aromatic carbocycles. The Morgan fingerprint density at radius 3 is 2.18 bits per heavy atom. The van der Waals surface area contributed by atoms with Crippen LogP contribution in [0.4, 0.5) is 4.79 Å². The molecule has 0 aromatic heterocycles. The maximum absolute atomic E-state index is 12.2. The number of hydrogen-bond acceptors (Lipinski definition) is 15. The van der Waals surface area contributed by atoms with Crippen molar-refractivity contribution in [2.24, 2.45) is 5.92 Å². The lowest BCUT2D eigenvalue weighted by Crippen LogP contribution is -2.63. The van der Waals surface area contributed by atoms with E-state index in [1.165, 1.54) is 14.0 Å². The smallest absolute Gasteiger partial charge is 0.406 e. The number of carbonyl (C=O) groups excluding carboxylic acids is 2. The monoisotopic (exact) mass is 572 g/mol. The highest BCUT2D eigenvalue weighted by atomic mass is 16.7. The minimum atomic E-state index is -2.19. The molecule has 11 atom stereocenters. The van der Waals surface area contributed by atoms with Crippen molar-refractivity contribution in [2.75, 3.05) is 40.1 Å². The van der Waals surface area contributed by atoms with Gasteiger partial charge >= 0.3 is 6.09 Å². The first-order valence-electron chi connectivity index (χ1n) is 11.9. The topological polar surface area (TPSA) is 277 Å². The van der Waals surface area contributed by atoms with E-state index in [4.69, 9.17) is 24.1 Å². The number of alkyl carbamates (subject to hydrolysis) is 1. The van der Waals surface area contributed by atoms with E-state index < -0.39 is 112 Å². The highest BCUT2D eigenvalue weighted by molar-refractivity contribution is 5.87. The largest absolute Gasteiger partial charge is 0.447 e. The van der Waals surface area contributed by atoms with Crippen molar-refractivity contribution >= 4 is 12.0 Å². The molecule has 17 heteroatoms. The van der Waals surface area contributed by atoms with Gasteiger partial charge in [0.25, 0.3) is 0 Å². The molecule has 0 aliphatic carbocycles. The Balaban J connectivity index is 3.17. The molecule has 0 aromatic rings. The van der Waals surface area contributed by atoms with Crippen LogP contribution in [0.25, 0.3) is 0 Å². The standard InChI is InChI=1S/C22H40N2O15/c1-4-12(27)24-22(9-38-21(35)23-3,7-36-19(34)17(32)15(30)13(28)10(2)5-25)8-37-20-18(33)16(31)14(29)11(6-26)39-20/h4,10-11,13-20,25-26,28-34H,1,5-9H2,2-3H3,(H,23,35)(H,24,27)/t10?,11?,13-,14-,15?,16?,17?,18?,19+,20-,22?/m1/s1. The molecule has 0 bridgehead atoms. The SMILES string of the molecule is C=CC(=O)NC(COC(=O)NC)(CO[C@@H]1OC(CO)[C@@H](O)C(O)C1O)CO[C@H](O)C(O)C(O)[C@H](O)C(C)CO. The molecule has 0 saturated carbocycles. The van der Waals surface area contributed by atoms with Gasteiger partial charge in [0.05, 0.1) is 25.9 Å². The molecule has 11 N–H and O–H groups in total. The lowest BCUT2D eigenvalue weighted by atomic mass is 9.96. The first-order valence-corrected chi connectivity index (χ1v) is 11.9. The Bertz CT molecular complexity index is 774. The zero-order valence-electron chi connectivity index (χ0n) is 21.6. The third-order valence-electron chi connectivity index (χ3n) is 6.02. The number of ether oxygens (including phenoxy) is 4. The molecule has 1 aliphatic heterocycles. The van der Waals surface area contributed by atoms with Gasteiger partial charge in [-0.3, -0.25) is 4.79 Å². The maximum Gasteiger partial charge on any atom is 0.406 e. The van der Waals surface area contributed by atoms with Crippen LogP contribution in [-0.2, 0) is 23.7 Å². The van der Waals surface area contributed by atoms with Crippen molar-refractivity contribution in [1.29, 1.82) is 0 Å². The molecule has 1 heterocycles. The van der Waals surface area contributed by atoms with Gasteiger partial charge in [-0.05, 0) is 6.08 Å². The van der Waals surface area contributed by atoms with E-state index in [0.717, 1.165) is 6.08 Å². The van der Waals surface area contributed by atoms with E-state index in [1.807, 2.05) is 0 Å². The molecular weight excluding hydrogens is 532 g/mol. The van der Waals surface area contributed by atoms with Crippen LogP contribution < -0.4 is 10.6 Å². The second kappa shape index (κ2) is 16.3. The molecule has 0 spiro atoms. The molecule has 1 fully saturated rings. The fraction of sp³-hybridized carbons (Fsp3) is 0.818. The highest BCUT2D eigenvalue weighted by Gasteiger charge is 2.46. The van der Waals surface area contributed by atoms with Gasteiger partial charge in [-0.15, -0.1) is 0 Å². The summed E-state index contributed by atoms with van der Waals surface area (Å²) in [5, 5.41) is 94.0. The zero-order valence-corrected chi connectivity index (χ0v) is 21.6. The van der Waals surface area contributed by atoms with Gasteiger partial charge in [0.1, 0.15) is 48.8 Å². The summed E-state index contributed by atoms with van der Waals surface area (Å²) >= 11 is 0. The minimum absolute atomic E-state index is 0.537. The molecule has 228 valence electrons. The molecule has 0 radical (unpaired) electrons. The van der Waals surface area contributed by atoms with Crippen LogP contribution in [0.1, 0.15) is 6.92 Å². The van der Waals surface area contributed by atoms with Gasteiger partial charge in [0.15, 0.2) is 12.6 Å². The number of carbonyl (C=O) groups is 2. The molecule has 1 saturated heterocycles. The highest BCUT2D eigenvalue weighted by Crippen LogP contribution is 2.24. The van der Waals surface area contributed by atoms with Crippen LogP contribution in [0.3, 0.4) is 0 Å². The Morgan fingerprint density at radius 2 is 1.64 bits per heavy atom. The zero-order chi connectivity index (χ0) is 29.9. The summed E-state index contributed by atoms with van der Waals surface area (Å²) in [6.45, 7) is 1.17. The fourth-order valence-electron chi connectivity index (χ4n) is 3.43. The Kier molecular flexibility index (Phi) is 14.6. The van der Waals surface area contributed by atoms with E-state index >= 15 is 0 Å². The van der Waals surface area contributed by atoms with E-state index in [0.29, 0.717) is 0 Å². The molecule has 1 aliphatic rings. The van der Waals surface area contributed by atoms with Crippen molar-refractivity contribution in [2.45, 2.75) is 67.8 Å². The van der Waals surface area contributed by atoms with E-state index in [2.05, 4.69) is 17.2 Å². The number of aliphatic hydroxyl groups is 9. The Labute approximate surface area is 224 Å². The molecule has 1 rings (SSSR count). The Hall–Kier alpha value is -2.00. The molecule has 39 heavy (non-hydrogen) atoms. The Morgan fingerprint density at radius 1 is 1.00 bits per heavy atom. The average molecular weight is 573 g/mol. The summed E-state index contributed by atoms with van der Waals surface area (Å²) in [6.07, 6.45) is -16.3.